The number of carbonyl (C=O) groups is 1. The summed E-state index contributed by atoms with van der Waals surface area (Å²) in [5.41, 5.74) is -0.0701. The molecule has 1 aromatic heterocycles. The monoisotopic (exact) mass is 272 g/mol. The molecule has 0 aliphatic rings. The molecule has 0 amide bonds. The van der Waals surface area contributed by atoms with Crippen LogP contribution in [0.3, 0.4) is 0 Å². The standard InChI is InChI=1S/C8H5BrN2O4/c9-8-7(11(14)15)5(3-4-10-8)1-2-6(12)13/h1-4H,(H,12,13)/b2-1+. The Bertz CT molecular complexity index is 444. The number of pyridine rings is 1. The second kappa shape index (κ2) is 4.65. The molecule has 0 aliphatic heterocycles. The lowest BCUT2D eigenvalue weighted by Crippen LogP contribution is -1.95. The number of carboxylic acids is 1. The van der Waals surface area contributed by atoms with Gasteiger partial charge >= 0.3 is 11.7 Å². The average Bonchev–Trinajstić information content (AvgIpc) is 2.13. The topological polar surface area (TPSA) is 93.3 Å². The van der Waals surface area contributed by atoms with Gasteiger partial charge in [-0.1, -0.05) is 0 Å². The Labute approximate surface area is 92.5 Å². The van der Waals surface area contributed by atoms with Crippen LogP contribution in [-0.2, 0) is 4.79 Å². The fourth-order valence-electron chi connectivity index (χ4n) is 0.918. The largest absolute Gasteiger partial charge is 0.478 e. The third-order valence-electron chi connectivity index (χ3n) is 1.50. The van der Waals surface area contributed by atoms with E-state index in [9.17, 15) is 14.9 Å². The van der Waals surface area contributed by atoms with Crippen molar-refractivity contribution in [1.29, 1.82) is 0 Å². The summed E-state index contributed by atoms with van der Waals surface area (Å²) in [6.45, 7) is 0. The highest BCUT2D eigenvalue weighted by Gasteiger charge is 2.17. The Morgan fingerprint density at radius 2 is 2.33 bits per heavy atom. The van der Waals surface area contributed by atoms with Crippen LogP contribution < -0.4 is 0 Å². The van der Waals surface area contributed by atoms with Crippen LogP contribution in [-0.4, -0.2) is 21.0 Å². The van der Waals surface area contributed by atoms with Gasteiger partial charge < -0.3 is 5.11 Å². The van der Waals surface area contributed by atoms with Crippen LogP contribution in [0.5, 0.6) is 0 Å². The molecule has 6 nitrogen and oxygen atoms in total. The first-order valence-electron chi connectivity index (χ1n) is 3.72. The highest BCUT2D eigenvalue weighted by molar-refractivity contribution is 9.10. The van der Waals surface area contributed by atoms with E-state index in [1.807, 2.05) is 0 Å². The fraction of sp³-hybridized carbons (Fsp3) is 0. The van der Waals surface area contributed by atoms with Gasteiger partial charge in [0.05, 0.1) is 10.5 Å². The number of rotatable bonds is 3. The predicted molar refractivity (Wildman–Crippen MR) is 55.3 cm³/mol. The van der Waals surface area contributed by atoms with Gasteiger partial charge in [-0.2, -0.15) is 0 Å². The highest BCUT2D eigenvalue weighted by atomic mass is 79.9. The van der Waals surface area contributed by atoms with Crippen LogP contribution in [0.1, 0.15) is 5.56 Å². The first-order chi connectivity index (χ1) is 7.02. The summed E-state index contributed by atoms with van der Waals surface area (Å²) in [5.74, 6) is -1.17. The SMILES string of the molecule is O=C(O)/C=C/c1ccnc(Br)c1[N+](=O)[O-]. The maximum absolute atomic E-state index is 10.6. The lowest BCUT2D eigenvalue weighted by Gasteiger charge is -1.97. The maximum Gasteiger partial charge on any atom is 0.328 e. The van der Waals surface area contributed by atoms with Crippen LogP contribution in [0.4, 0.5) is 5.69 Å². The zero-order chi connectivity index (χ0) is 11.4. The molecule has 0 spiro atoms. The molecule has 15 heavy (non-hydrogen) atoms. The molecular weight excluding hydrogens is 268 g/mol. The van der Waals surface area contributed by atoms with Crippen LogP contribution in [0.2, 0.25) is 0 Å². The quantitative estimate of drug-likeness (QED) is 0.392. The summed E-state index contributed by atoms with van der Waals surface area (Å²) >= 11 is 2.92. The zero-order valence-electron chi connectivity index (χ0n) is 7.25. The predicted octanol–water partition coefficient (Wildman–Crippen LogP) is 1.85. The van der Waals surface area contributed by atoms with Gasteiger partial charge in [-0.3, -0.25) is 10.1 Å². The van der Waals surface area contributed by atoms with Crippen LogP contribution >= 0.6 is 15.9 Å². The van der Waals surface area contributed by atoms with Gasteiger partial charge in [0.1, 0.15) is 0 Å². The van der Waals surface area contributed by atoms with Gasteiger partial charge in [0.15, 0.2) is 4.60 Å². The van der Waals surface area contributed by atoms with Crippen LogP contribution in [0.15, 0.2) is 22.9 Å². The van der Waals surface area contributed by atoms with Crippen molar-refractivity contribution >= 4 is 33.7 Å². The van der Waals surface area contributed by atoms with Crippen molar-refractivity contribution in [3.63, 3.8) is 0 Å². The molecule has 0 fully saturated rings. The van der Waals surface area contributed by atoms with E-state index in [2.05, 4.69) is 20.9 Å². The van der Waals surface area contributed by atoms with Crippen molar-refractivity contribution < 1.29 is 14.8 Å². The number of aliphatic carboxylic acids is 1. The lowest BCUT2D eigenvalue weighted by molar-refractivity contribution is -0.386. The summed E-state index contributed by atoms with van der Waals surface area (Å²) in [6.07, 6.45) is 3.32. The normalized spacial score (nSPS) is 10.5. The Hall–Kier alpha value is -1.76. The summed E-state index contributed by atoms with van der Waals surface area (Å²) in [7, 11) is 0. The van der Waals surface area contributed by atoms with Crippen molar-refractivity contribution in [3.8, 4) is 0 Å². The van der Waals surface area contributed by atoms with E-state index in [1.165, 1.54) is 12.3 Å². The Kier molecular flexibility index (Phi) is 3.51. The number of halogens is 1. The maximum atomic E-state index is 10.6. The molecule has 1 N–H and O–H groups in total. The van der Waals surface area contributed by atoms with E-state index in [4.69, 9.17) is 5.11 Å². The number of aromatic nitrogens is 1. The zero-order valence-corrected chi connectivity index (χ0v) is 8.84. The minimum Gasteiger partial charge on any atom is -0.478 e. The molecule has 0 saturated carbocycles. The summed E-state index contributed by atoms with van der Waals surface area (Å²) in [4.78, 5) is 24.0. The third kappa shape index (κ3) is 2.84. The second-order valence-corrected chi connectivity index (χ2v) is 3.22. The number of hydrogen-bond donors (Lipinski definition) is 1. The number of nitrogens with zero attached hydrogens (tertiary/aromatic N) is 2. The van der Waals surface area contributed by atoms with Gasteiger partial charge in [-0.25, -0.2) is 9.78 Å². The molecule has 78 valence electrons. The smallest absolute Gasteiger partial charge is 0.328 e. The summed E-state index contributed by atoms with van der Waals surface area (Å²) in [6, 6.07) is 1.36. The Morgan fingerprint density at radius 1 is 1.67 bits per heavy atom. The average molecular weight is 273 g/mol. The van der Waals surface area contributed by atoms with Gasteiger partial charge in [0, 0.05) is 12.3 Å². The van der Waals surface area contributed by atoms with E-state index >= 15 is 0 Å². The fourth-order valence-corrected chi connectivity index (χ4v) is 1.41. The Balaban J connectivity index is 3.23. The van der Waals surface area contributed by atoms with Gasteiger partial charge in [0.25, 0.3) is 0 Å². The molecule has 1 rings (SSSR count). The second-order valence-electron chi connectivity index (χ2n) is 2.47. The minimum absolute atomic E-state index is 0.0695. The number of carboxylic acid groups (broad SMARTS) is 1. The van der Waals surface area contributed by atoms with E-state index in [1.54, 1.807) is 0 Å². The third-order valence-corrected chi connectivity index (χ3v) is 2.08. The molecular formula is C8H5BrN2O4. The highest BCUT2D eigenvalue weighted by Crippen LogP contribution is 2.27. The molecule has 0 saturated heterocycles. The van der Waals surface area contributed by atoms with Gasteiger partial charge in [-0.05, 0) is 28.1 Å². The molecule has 1 heterocycles. The van der Waals surface area contributed by atoms with E-state index < -0.39 is 10.9 Å². The Morgan fingerprint density at radius 3 is 2.87 bits per heavy atom. The molecule has 0 bridgehead atoms. The first-order valence-corrected chi connectivity index (χ1v) is 4.51. The van der Waals surface area contributed by atoms with E-state index in [0.717, 1.165) is 12.2 Å². The molecule has 0 unspecified atom stereocenters. The number of nitro groups is 1. The first kappa shape index (κ1) is 11.3. The van der Waals surface area contributed by atoms with Crippen LogP contribution in [0.25, 0.3) is 6.08 Å². The van der Waals surface area contributed by atoms with Gasteiger partial charge in [0.2, 0.25) is 0 Å². The van der Waals surface area contributed by atoms with Gasteiger partial charge in [-0.15, -0.1) is 0 Å². The van der Waals surface area contributed by atoms with Crippen molar-refractivity contribution in [2.24, 2.45) is 0 Å². The molecule has 1 aromatic rings. The lowest BCUT2D eigenvalue weighted by atomic mass is 10.2. The minimum atomic E-state index is -1.17. The molecule has 0 aromatic carbocycles. The summed E-state index contributed by atoms with van der Waals surface area (Å²) in [5, 5.41) is 19.0. The van der Waals surface area contributed by atoms with Crippen molar-refractivity contribution in [3.05, 3.63) is 38.6 Å². The summed E-state index contributed by atoms with van der Waals surface area (Å²) < 4.78 is 0.0695. The van der Waals surface area contributed by atoms with Crippen LogP contribution in [0, 0.1) is 10.1 Å². The van der Waals surface area contributed by atoms with Crippen molar-refractivity contribution in [1.82, 2.24) is 4.98 Å². The molecule has 7 heteroatoms. The number of hydrogen-bond acceptors (Lipinski definition) is 4. The van der Waals surface area contributed by atoms with Crippen molar-refractivity contribution in [2.45, 2.75) is 0 Å². The molecule has 0 atom stereocenters. The molecule has 0 aliphatic carbocycles. The molecule has 0 radical (unpaired) electrons. The van der Waals surface area contributed by atoms with Crippen molar-refractivity contribution in [2.75, 3.05) is 0 Å². The van der Waals surface area contributed by atoms with E-state index in [0.29, 0.717) is 0 Å². The van der Waals surface area contributed by atoms with E-state index in [-0.39, 0.29) is 15.9 Å².